The molecule has 0 aliphatic rings. The lowest BCUT2D eigenvalue weighted by molar-refractivity contribution is -0.376. The van der Waals surface area contributed by atoms with Crippen LogP contribution in [-0.2, 0) is 18.3 Å². The molecule has 0 saturated carbocycles. The Kier molecular flexibility index (Phi) is 5.58. The normalized spacial score (nSPS) is 13.7. The SMILES string of the molecule is Cc1cc2cc(C(O)(C(F)(F)F)C(F)(F)F)ccc2n1Cc1cccc2ccc(C(F)(F)F)nc12. The number of para-hydroxylation sites is 1. The average molecular weight is 506 g/mol. The molecule has 186 valence electrons. The number of rotatable bonds is 3. The molecule has 4 aromatic rings. The van der Waals surface area contributed by atoms with Gasteiger partial charge < -0.3 is 9.67 Å². The number of benzene rings is 2. The van der Waals surface area contributed by atoms with Crippen LogP contribution in [0.2, 0.25) is 0 Å². The van der Waals surface area contributed by atoms with Crippen LogP contribution < -0.4 is 0 Å². The monoisotopic (exact) mass is 506 g/mol. The first kappa shape index (κ1) is 24.8. The van der Waals surface area contributed by atoms with Crippen molar-refractivity contribution in [2.75, 3.05) is 0 Å². The van der Waals surface area contributed by atoms with Gasteiger partial charge in [0.05, 0.1) is 5.52 Å². The molecule has 0 saturated heterocycles. The van der Waals surface area contributed by atoms with E-state index in [0.29, 0.717) is 28.8 Å². The van der Waals surface area contributed by atoms with Gasteiger partial charge in [-0.2, -0.15) is 39.5 Å². The second kappa shape index (κ2) is 7.87. The van der Waals surface area contributed by atoms with Crippen molar-refractivity contribution in [3.63, 3.8) is 0 Å². The van der Waals surface area contributed by atoms with Crippen LogP contribution >= 0.6 is 0 Å². The van der Waals surface area contributed by atoms with E-state index in [2.05, 4.69) is 4.98 Å². The quantitative estimate of drug-likeness (QED) is 0.308. The number of hydrogen-bond acceptors (Lipinski definition) is 2. The highest BCUT2D eigenvalue weighted by Gasteiger charge is 2.71. The molecule has 4 rings (SSSR count). The second-order valence-electron chi connectivity index (χ2n) is 8.03. The highest BCUT2D eigenvalue weighted by Crippen LogP contribution is 2.50. The minimum atomic E-state index is -6.03. The largest absolute Gasteiger partial charge is 0.433 e. The smallest absolute Gasteiger partial charge is 0.369 e. The zero-order valence-corrected chi connectivity index (χ0v) is 17.6. The number of aromatic nitrogens is 2. The Morgan fingerprint density at radius 1 is 0.800 bits per heavy atom. The maximum absolute atomic E-state index is 13.3. The summed E-state index contributed by atoms with van der Waals surface area (Å²) in [6.45, 7) is 1.49. The Labute approximate surface area is 191 Å². The number of hydrogen-bond donors (Lipinski definition) is 1. The Balaban J connectivity index is 1.83. The third-order valence-corrected chi connectivity index (χ3v) is 5.77. The summed E-state index contributed by atoms with van der Waals surface area (Å²) in [6.07, 6.45) is -16.7. The van der Waals surface area contributed by atoms with E-state index in [0.717, 1.165) is 12.1 Å². The van der Waals surface area contributed by atoms with Gasteiger partial charge in [0.25, 0.3) is 5.60 Å². The van der Waals surface area contributed by atoms with E-state index in [1.54, 1.807) is 19.1 Å². The molecule has 1 N–H and O–H groups in total. The summed E-state index contributed by atoms with van der Waals surface area (Å²) in [5, 5.41) is 10.1. The molecule has 2 aromatic carbocycles. The van der Waals surface area contributed by atoms with Crippen molar-refractivity contribution < 1.29 is 44.6 Å². The van der Waals surface area contributed by atoms with E-state index in [-0.39, 0.29) is 23.0 Å². The van der Waals surface area contributed by atoms with Gasteiger partial charge in [-0.05, 0) is 36.8 Å². The van der Waals surface area contributed by atoms with Gasteiger partial charge in [0.1, 0.15) is 5.69 Å². The van der Waals surface area contributed by atoms with Crippen molar-refractivity contribution in [1.29, 1.82) is 0 Å². The Hall–Kier alpha value is -3.28. The van der Waals surface area contributed by atoms with Crippen molar-refractivity contribution in [2.45, 2.75) is 37.6 Å². The molecular formula is C23H15F9N2O. The summed E-state index contributed by atoms with van der Waals surface area (Å²) in [5.74, 6) is 0. The maximum Gasteiger partial charge on any atom is 0.433 e. The zero-order chi connectivity index (χ0) is 26.0. The fraction of sp³-hybridized carbons (Fsp3) is 0.261. The van der Waals surface area contributed by atoms with E-state index in [1.165, 1.54) is 22.8 Å². The number of fused-ring (bicyclic) bond motifs is 2. The second-order valence-corrected chi connectivity index (χ2v) is 8.03. The molecule has 0 aliphatic carbocycles. The van der Waals surface area contributed by atoms with E-state index >= 15 is 0 Å². The predicted octanol–water partition coefficient (Wildman–Crippen LogP) is 6.88. The molecule has 0 spiro atoms. The molecule has 2 heterocycles. The number of aryl methyl sites for hydroxylation is 1. The van der Waals surface area contributed by atoms with Crippen molar-refractivity contribution in [1.82, 2.24) is 9.55 Å². The molecule has 0 fully saturated rings. The molecule has 0 bridgehead atoms. The summed E-state index contributed by atoms with van der Waals surface area (Å²) in [4.78, 5) is 3.72. The minimum absolute atomic E-state index is 0.0175. The third-order valence-electron chi connectivity index (χ3n) is 5.77. The average Bonchev–Trinajstić information content (AvgIpc) is 3.05. The van der Waals surface area contributed by atoms with Gasteiger partial charge in [0.15, 0.2) is 0 Å². The van der Waals surface area contributed by atoms with E-state index < -0.39 is 35.4 Å². The van der Waals surface area contributed by atoms with E-state index in [1.807, 2.05) is 0 Å². The molecule has 0 unspecified atom stereocenters. The fourth-order valence-corrected chi connectivity index (χ4v) is 4.00. The van der Waals surface area contributed by atoms with Gasteiger partial charge in [0.2, 0.25) is 0 Å². The number of halogens is 9. The van der Waals surface area contributed by atoms with Crippen LogP contribution in [0.4, 0.5) is 39.5 Å². The Morgan fingerprint density at radius 3 is 2.06 bits per heavy atom. The van der Waals surface area contributed by atoms with E-state index in [4.69, 9.17) is 0 Å². The van der Waals surface area contributed by atoms with Crippen LogP contribution in [0, 0.1) is 6.92 Å². The van der Waals surface area contributed by atoms with Crippen LogP contribution in [-0.4, -0.2) is 27.0 Å². The Bertz CT molecular complexity index is 1400. The van der Waals surface area contributed by atoms with Gasteiger partial charge in [-0.15, -0.1) is 0 Å². The molecule has 0 atom stereocenters. The molecule has 0 aliphatic heterocycles. The van der Waals surface area contributed by atoms with Crippen LogP contribution in [0.3, 0.4) is 0 Å². The first-order valence-electron chi connectivity index (χ1n) is 9.96. The van der Waals surface area contributed by atoms with Crippen molar-refractivity contribution >= 4 is 21.8 Å². The summed E-state index contributed by atoms with van der Waals surface area (Å²) in [6, 6.07) is 10.2. The van der Waals surface area contributed by atoms with Crippen LogP contribution in [0.25, 0.3) is 21.8 Å². The third kappa shape index (κ3) is 4.09. The first-order valence-corrected chi connectivity index (χ1v) is 9.96. The van der Waals surface area contributed by atoms with Crippen LogP contribution in [0.5, 0.6) is 0 Å². The summed E-state index contributed by atoms with van der Waals surface area (Å²) in [7, 11) is 0. The fourth-order valence-electron chi connectivity index (χ4n) is 4.00. The molecular weight excluding hydrogens is 491 g/mol. The molecule has 3 nitrogen and oxygen atoms in total. The van der Waals surface area contributed by atoms with Gasteiger partial charge in [-0.3, -0.25) is 0 Å². The zero-order valence-electron chi connectivity index (χ0n) is 17.6. The van der Waals surface area contributed by atoms with Crippen LogP contribution in [0.1, 0.15) is 22.5 Å². The van der Waals surface area contributed by atoms with Gasteiger partial charge in [-0.1, -0.05) is 30.3 Å². The number of nitrogens with zero attached hydrogens (tertiary/aromatic N) is 2. The summed E-state index contributed by atoms with van der Waals surface area (Å²) in [5.41, 5.74) is -6.51. The molecule has 0 radical (unpaired) electrons. The number of aliphatic hydroxyl groups is 1. The topological polar surface area (TPSA) is 38.0 Å². The lowest BCUT2D eigenvalue weighted by atomic mass is 9.91. The van der Waals surface area contributed by atoms with Crippen molar-refractivity contribution in [2.24, 2.45) is 0 Å². The predicted molar refractivity (Wildman–Crippen MR) is 109 cm³/mol. The summed E-state index contributed by atoms with van der Waals surface area (Å²) < 4.78 is 121. The van der Waals surface area contributed by atoms with Gasteiger partial charge in [0, 0.05) is 34.1 Å². The van der Waals surface area contributed by atoms with Crippen LogP contribution in [0.15, 0.2) is 54.6 Å². The number of alkyl halides is 9. The molecule has 35 heavy (non-hydrogen) atoms. The highest BCUT2D eigenvalue weighted by molar-refractivity contribution is 5.84. The maximum atomic E-state index is 13.3. The van der Waals surface area contributed by atoms with Gasteiger partial charge >= 0.3 is 18.5 Å². The highest BCUT2D eigenvalue weighted by atomic mass is 19.4. The van der Waals surface area contributed by atoms with Gasteiger partial charge in [-0.25, -0.2) is 4.98 Å². The standard InChI is InChI=1S/C23H15F9N2O/c1-12-9-15-10-16(20(35,22(27,28)29)23(30,31)32)6-7-17(15)34(12)11-14-4-2-3-13-5-8-18(21(24,25)26)33-19(13)14/h2-10,35H,11H2,1H3. The lowest BCUT2D eigenvalue weighted by Crippen LogP contribution is -2.53. The lowest BCUT2D eigenvalue weighted by Gasteiger charge is -2.32. The molecule has 0 amide bonds. The van der Waals surface area contributed by atoms with Crippen molar-refractivity contribution in [3.8, 4) is 0 Å². The van der Waals surface area contributed by atoms with Crippen molar-refractivity contribution in [3.05, 3.63) is 77.1 Å². The Morgan fingerprint density at radius 2 is 1.46 bits per heavy atom. The number of pyridine rings is 1. The molecule has 12 heteroatoms. The first-order chi connectivity index (χ1) is 16.0. The summed E-state index contributed by atoms with van der Waals surface area (Å²) >= 11 is 0. The van der Waals surface area contributed by atoms with E-state index in [9.17, 15) is 44.6 Å². The molecule has 2 aromatic heterocycles. The minimum Gasteiger partial charge on any atom is -0.369 e.